The predicted molar refractivity (Wildman–Crippen MR) is 139 cm³/mol. The van der Waals surface area contributed by atoms with E-state index in [0.717, 1.165) is 16.8 Å². The highest BCUT2D eigenvalue weighted by Crippen LogP contribution is 2.47. The number of thiazole rings is 1. The number of fused-ring (bicyclic) bond motifs is 2. The molecule has 38 heavy (non-hydrogen) atoms. The molecule has 1 saturated heterocycles. The summed E-state index contributed by atoms with van der Waals surface area (Å²) in [4.78, 5) is 18.2. The smallest absolute Gasteiger partial charge is 0.218 e. The molecule has 6 rings (SSSR count). The molecule has 0 bridgehead atoms. The van der Waals surface area contributed by atoms with Crippen LogP contribution in [-0.4, -0.2) is 46.4 Å². The SMILES string of the molecule is O=C(c1nccs1)C12Cc3cnn(-c4ccc(F)cc4)c3C=C1CCN(S(=O)(=O)Cc1cccc(F)c1)C2. The van der Waals surface area contributed by atoms with Gasteiger partial charge in [-0.15, -0.1) is 11.3 Å². The maximum Gasteiger partial charge on any atom is 0.218 e. The van der Waals surface area contributed by atoms with Crippen molar-refractivity contribution in [3.63, 3.8) is 0 Å². The van der Waals surface area contributed by atoms with E-state index in [0.29, 0.717) is 22.7 Å². The highest BCUT2D eigenvalue weighted by atomic mass is 32.2. The van der Waals surface area contributed by atoms with Gasteiger partial charge < -0.3 is 0 Å². The van der Waals surface area contributed by atoms with Crippen molar-refractivity contribution in [3.8, 4) is 5.69 Å². The molecule has 1 aliphatic heterocycles. The second kappa shape index (κ2) is 9.33. The summed E-state index contributed by atoms with van der Waals surface area (Å²) in [5.41, 5.74) is 2.26. The Morgan fingerprint density at radius 1 is 1.11 bits per heavy atom. The van der Waals surface area contributed by atoms with E-state index in [-0.39, 0.29) is 36.9 Å². The van der Waals surface area contributed by atoms with Gasteiger partial charge in [0.1, 0.15) is 11.6 Å². The van der Waals surface area contributed by atoms with Gasteiger partial charge in [0.05, 0.1) is 28.7 Å². The first-order valence-corrected chi connectivity index (χ1v) is 14.4. The molecule has 11 heteroatoms. The lowest BCUT2D eigenvalue weighted by Gasteiger charge is -2.44. The average Bonchev–Trinajstić information content (AvgIpc) is 3.57. The number of aromatic nitrogens is 3. The Morgan fingerprint density at radius 3 is 2.66 bits per heavy atom. The molecule has 2 aromatic carbocycles. The second-order valence-electron chi connectivity index (χ2n) is 9.51. The van der Waals surface area contributed by atoms with Crippen LogP contribution in [-0.2, 0) is 22.2 Å². The van der Waals surface area contributed by atoms with Gasteiger partial charge in [-0.3, -0.25) is 4.79 Å². The minimum Gasteiger partial charge on any atom is -0.290 e. The lowest BCUT2D eigenvalue weighted by molar-refractivity contribution is 0.0775. The number of carbonyl (C=O) groups excluding carboxylic acids is 1. The summed E-state index contributed by atoms with van der Waals surface area (Å²) < 4.78 is 57.2. The van der Waals surface area contributed by atoms with Gasteiger partial charge in [0.2, 0.25) is 15.8 Å². The van der Waals surface area contributed by atoms with Crippen molar-refractivity contribution >= 4 is 33.2 Å². The van der Waals surface area contributed by atoms with Gasteiger partial charge >= 0.3 is 0 Å². The molecular weight excluding hydrogens is 530 g/mol. The summed E-state index contributed by atoms with van der Waals surface area (Å²) in [6.07, 6.45) is 5.73. The quantitative estimate of drug-likeness (QED) is 0.325. The van der Waals surface area contributed by atoms with Crippen molar-refractivity contribution in [2.24, 2.45) is 5.41 Å². The van der Waals surface area contributed by atoms with Gasteiger partial charge in [-0.25, -0.2) is 26.9 Å². The summed E-state index contributed by atoms with van der Waals surface area (Å²) in [6.45, 7) is 0.145. The summed E-state index contributed by atoms with van der Waals surface area (Å²) in [5, 5.41) is 6.53. The molecule has 0 N–H and O–H groups in total. The van der Waals surface area contributed by atoms with Gasteiger partial charge in [-0.05, 0) is 66.4 Å². The largest absolute Gasteiger partial charge is 0.290 e. The third-order valence-corrected chi connectivity index (χ3v) is 9.71. The van der Waals surface area contributed by atoms with Gasteiger partial charge in [0, 0.05) is 24.7 Å². The first kappa shape index (κ1) is 24.8. The first-order valence-electron chi connectivity index (χ1n) is 12.0. The maximum absolute atomic E-state index is 14.0. The minimum absolute atomic E-state index is 0.0456. The van der Waals surface area contributed by atoms with Crippen molar-refractivity contribution in [1.82, 2.24) is 19.1 Å². The zero-order chi connectivity index (χ0) is 26.5. The number of piperidine rings is 1. The van der Waals surface area contributed by atoms with Crippen molar-refractivity contribution in [1.29, 1.82) is 0 Å². The van der Waals surface area contributed by atoms with Crippen LogP contribution in [0.15, 0.2) is 71.9 Å². The molecule has 7 nitrogen and oxygen atoms in total. The number of nitrogens with zero attached hydrogens (tertiary/aromatic N) is 4. The van der Waals surface area contributed by atoms with E-state index in [1.807, 2.05) is 6.08 Å². The fourth-order valence-electron chi connectivity index (χ4n) is 5.31. The van der Waals surface area contributed by atoms with E-state index < -0.39 is 21.3 Å². The van der Waals surface area contributed by atoms with Gasteiger partial charge in [-0.1, -0.05) is 17.7 Å². The van der Waals surface area contributed by atoms with Crippen LogP contribution >= 0.6 is 11.3 Å². The number of hydrogen-bond acceptors (Lipinski definition) is 6. The van der Waals surface area contributed by atoms with E-state index >= 15 is 0 Å². The van der Waals surface area contributed by atoms with E-state index in [1.54, 1.807) is 40.7 Å². The van der Waals surface area contributed by atoms with E-state index in [4.69, 9.17) is 0 Å². The molecule has 1 unspecified atom stereocenters. The monoisotopic (exact) mass is 552 g/mol. The number of Topliss-reactive ketones (excluding diaryl/α,β-unsaturated/α-hetero) is 1. The molecule has 1 aliphatic carbocycles. The Balaban J connectivity index is 1.39. The van der Waals surface area contributed by atoms with Gasteiger partial charge in [0.25, 0.3) is 0 Å². The van der Waals surface area contributed by atoms with Crippen LogP contribution < -0.4 is 0 Å². The molecule has 194 valence electrons. The van der Waals surface area contributed by atoms with Crippen LogP contribution in [0.4, 0.5) is 8.78 Å². The predicted octanol–water partition coefficient (Wildman–Crippen LogP) is 4.65. The van der Waals surface area contributed by atoms with Crippen LogP contribution in [0.25, 0.3) is 11.8 Å². The molecule has 0 saturated carbocycles. The molecular formula is C27H22F2N4O3S2. The number of benzene rings is 2. The van der Waals surface area contributed by atoms with Crippen molar-refractivity contribution in [2.75, 3.05) is 13.1 Å². The van der Waals surface area contributed by atoms with E-state index in [2.05, 4.69) is 10.1 Å². The summed E-state index contributed by atoms with van der Waals surface area (Å²) in [5.74, 6) is -1.45. The van der Waals surface area contributed by atoms with Gasteiger partial charge in [0.15, 0.2) is 5.01 Å². The molecule has 2 aliphatic rings. The van der Waals surface area contributed by atoms with E-state index in [1.165, 1.54) is 46.0 Å². The van der Waals surface area contributed by atoms with Crippen molar-refractivity contribution < 1.29 is 22.0 Å². The lowest BCUT2D eigenvalue weighted by atomic mass is 9.66. The molecule has 0 radical (unpaired) electrons. The maximum atomic E-state index is 14.0. The molecule has 3 heterocycles. The molecule has 4 aromatic rings. The van der Waals surface area contributed by atoms with Crippen LogP contribution in [0.2, 0.25) is 0 Å². The Labute approximate surface area is 222 Å². The Hall–Kier alpha value is -3.54. The van der Waals surface area contributed by atoms with Crippen molar-refractivity contribution in [2.45, 2.75) is 18.6 Å². The highest BCUT2D eigenvalue weighted by molar-refractivity contribution is 7.88. The molecule has 1 fully saturated rings. The second-order valence-corrected chi connectivity index (χ2v) is 12.4. The highest BCUT2D eigenvalue weighted by Gasteiger charge is 2.51. The zero-order valence-corrected chi connectivity index (χ0v) is 21.7. The Bertz CT molecular complexity index is 1660. The molecule has 0 spiro atoms. The normalized spacial score (nSPS) is 19.5. The molecule has 2 aromatic heterocycles. The van der Waals surface area contributed by atoms with Gasteiger partial charge in [-0.2, -0.15) is 9.40 Å². The average molecular weight is 553 g/mol. The third-order valence-electron chi connectivity index (χ3n) is 7.14. The molecule has 0 amide bonds. The van der Waals surface area contributed by atoms with Crippen LogP contribution in [0.3, 0.4) is 0 Å². The zero-order valence-electron chi connectivity index (χ0n) is 20.0. The third kappa shape index (κ3) is 4.30. The topological polar surface area (TPSA) is 85.2 Å². The number of ketones is 1. The minimum atomic E-state index is -3.85. The molecule has 1 atom stereocenters. The number of carbonyl (C=O) groups is 1. The summed E-state index contributed by atoms with van der Waals surface area (Å²) in [6, 6.07) is 11.5. The fourth-order valence-corrected chi connectivity index (χ4v) is 7.55. The summed E-state index contributed by atoms with van der Waals surface area (Å²) in [7, 11) is -3.85. The van der Waals surface area contributed by atoms with Crippen LogP contribution in [0, 0.1) is 17.0 Å². The van der Waals surface area contributed by atoms with Crippen molar-refractivity contribution in [3.05, 3.63) is 105 Å². The Kier molecular flexibility index (Phi) is 6.09. The van der Waals surface area contributed by atoms with Crippen LogP contribution in [0.1, 0.15) is 33.0 Å². The number of hydrogen-bond donors (Lipinski definition) is 0. The summed E-state index contributed by atoms with van der Waals surface area (Å²) >= 11 is 1.22. The fraction of sp³-hybridized carbons (Fsp3) is 0.222. The van der Waals surface area contributed by atoms with E-state index in [9.17, 15) is 22.0 Å². The first-order chi connectivity index (χ1) is 18.2. The number of sulfonamides is 1. The number of halogens is 2. The van der Waals surface area contributed by atoms with Crippen LogP contribution in [0.5, 0.6) is 0 Å². The number of rotatable bonds is 6. The lowest BCUT2D eigenvalue weighted by Crippen LogP contribution is -2.53. The Morgan fingerprint density at radius 2 is 1.92 bits per heavy atom. The standard InChI is InChI=1S/C27H22F2N4O3S2/c28-21-4-6-23(7-5-21)33-24-13-20-8-10-32(38(35,36)16-18-2-1-3-22(29)12-18)17-27(20,14-19(24)15-31-33)25(34)26-30-9-11-37-26/h1-7,9,11-13,15H,8,10,14,16-17H2.